The zero-order chi connectivity index (χ0) is 25.3. The van der Waals surface area contributed by atoms with Crippen molar-refractivity contribution in [2.75, 3.05) is 24.6 Å². The van der Waals surface area contributed by atoms with Gasteiger partial charge < -0.3 is 19.3 Å². The Bertz CT molecular complexity index is 1210. The van der Waals surface area contributed by atoms with Gasteiger partial charge in [-0.1, -0.05) is 18.5 Å². The van der Waals surface area contributed by atoms with Crippen molar-refractivity contribution in [1.82, 2.24) is 24.4 Å². The number of anilines is 1. The van der Waals surface area contributed by atoms with Crippen LogP contribution in [0, 0.1) is 0 Å². The number of ether oxygens (including phenoxy) is 2. The van der Waals surface area contributed by atoms with Gasteiger partial charge >= 0.3 is 6.09 Å². The number of pyridine rings is 1. The lowest BCUT2D eigenvalue weighted by molar-refractivity contribution is 0.0130. The Labute approximate surface area is 211 Å². The van der Waals surface area contributed by atoms with Gasteiger partial charge in [0.25, 0.3) is 0 Å². The third-order valence-electron chi connectivity index (χ3n) is 5.83. The maximum atomic E-state index is 12.8. The van der Waals surface area contributed by atoms with Crippen molar-refractivity contribution in [2.24, 2.45) is 0 Å². The molecule has 1 fully saturated rings. The molecule has 10 heteroatoms. The van der Waals surface area contributed by atoms with E-state index in [-0.39, 0.29) is 18.2 Å². The Hall–Kier alpha value is -3.07. The third kappa shape index (κ3) is 5.29. The molecule has 4 rings (SSSR count). The number of hydrogen-bond donors (Lipinski definition) is 0. The van der Waals surface area contributed by atoms with Crippen molar-refractivity contribution in [1.29, 1.82) is 0 Å². The normalized spacial score (nSPS) is 18.7. The average molecular weight is 501 g/mol. The van der Waals surface area contributed by atoms with Crippen molar-refractivity contribution in [2.45, 2.75) is 65.6 Å². The molecule has 35 heavy (non-hydrogen) atoms. The molecule has 4 heterocycles. The zero-order valence-electron chi connectivity index (χ0n) is 21.2. The van der Waals surface area contributed by atoms with Gasteiger partial charge in [-0.15, -0.1) is 0 Å². The number of piperazine rings is 1. The van der Waals surface area contributed by atoms with Gasteiger partial charge in [0.2, 0.25) is 0 Å². The van der Waals surface area contributed by atoms with E-state index in [4.69, 9.17) is 21.1 Å². The van der Waals surface area contributed by atoms with Gasteiger partial charge in [-0.25, -0.2) is 19.7 Å². The molecule has 188 valence electrons. The molecular weight excluding hydrogens is 468 g/mol. The minimum atomic E-state index is -0.543. The quantitative estimate of drug-likeness (QED) is 0.482. The van der Waals surface area contributed by atoms with Crippen LogP contribution >= 0.6 is 11.6 Å². The molecule has 0 saturated carbocycles. The second kappa shape index (κ2) is 9.89. The predicted molar refractivity (Wildman–Crippen MR) is 137 cm³/mol. The van der Waals surface area contributed by atoms with Crippen molar-refractivity contribution in [3.8, 4) is 11.6 Å². The Morgan fingerprint density at radius 2 is 1.94 bits per heavy atom. The van der Waals surface area contributed by atoms with Crippen LogP contribution in [-0.4, -0.2) is 67.9 Å². The third-order valence-corrected chi connectivity index (χ3v) is 6.07. The number of amides is 1. The van der Waals surface area contributed by atoms with Gasteiger partial charge in [0.15, 0.2) is 11.4 Å². The number of aromatic nitrogens is 4. The molecule has 1 aliphatic heterocycles. The number of carbonyl (C=O) groups excluding carboxylic acids is 1. The fourth-order valence-corrected chi connectivity index (χ4v) is 4.40. The van der Waals surface area contributed by atoms with Crippen LogP contribution in [-0.2, 0) is 4.74 Å². The number of nitrogens with zero attached hydrogens (tertiary/aromatic N) is 6. The molecule has 1 saturated heterocycles. The topological polar surface area (TPSA) is 85.6 Å². The molecule has 0 N–H and O–H groups in total. The molecule has 0 aliphatic carbocycles. The number of rotatable bonds is 5. The van der Waals surface area contributed by atoms with Gasteiger partial charge in [-0.05, 0) is 47.1 Å². The number of carbonyl (C=O) groups is 1. The van der Waals surface area contributed by atoms with Crippen molar-refractivity contribution in [3.63, 3.8) is 0 Å². The monoisotopic (exact) mass is 500 g/mol. The van der Waals surface area contributed by atoms with E-state index in [1.54, 1.807) is 29.6 Å². The SMILES string of the molecule is CCCOc1cn(-c2cc(Cl)ccn2)c2ncnc(N3C[C@@H](C)N(C(=O)OC(C)(C)C)C[C@@H]3C)c12. The zero-order valence-corrected chi connectivity index (χ0v) is 21.9. The summed E-state index contributed by atoms with van der Waals surface area (Å²) in [6, 6.07) is 3.46. The lowest BCUT2D eigenvalue weighted by atomic mass is 10.1. The van der Waals surface area contributed by atoms with E-state index in [1.165, 1.54) is 0 Å². The highest BCUT2D eigenvalue weighted by molar-refractivity contribution is 6.30. The van der Waals surface area contributed by atoms with Crippen LogP contribution in [0.3, 0.4) is 0 Å². The van der Waals surface area contributed by atoms with Gasteiger partial charge in [-0.2, -0.15) is 0 Å². The summed E-state index contributed by atoms with van der Waals surface area (Å²) in [6.45, 7) is 13.5. The largest absolute Gasteiger partial charge is 0.491 e. The summed E-state index contributed by atoms with van der Waals surface area (Å²) >= 11 is 6.24. The molecule has 0 bridgehead atoms. The molecule has 1 amide bonds. The summed E-state index contributed by atoms with van der Waals surface area (Å²) in [7, 11) is 0. The van der Waals surface area contributed by atoms with E-state index in [9.17, 15) is 4.79 Å². The Morgan fingerprint density at radius 1 is 1.17 bits per heavy atom. The molecule has 0 aromatic carbocycles. The van der Waals surface area contributed by atoms with Crippen LogP contribution in [0.1, 0.15) is 48.0 Å². The second-order valence-corrected chi connectivity index (χ2v) is 10.4. The molecule has 9 nitrogen and oxygen atoms in total. The predicted octanol–water partition coefficient (Wildman–Crippen LogP) is 5.09. The highest BCUT2D eigenvalue weighted by Crippen LogP contribution is 2.37. The van der Waals surface area contributed by atoms with E-state index >= 15 is 0 Å². The average Bonchev–Trinajstić information content (AvgIpc) is 3.16. The van der Waals surface area contributed by atoms with Crippen LogP contribution in [0.2, 0.25) is 5.02 Å². The fourth-order valence-electron chi connectivity index (χ4n) is 4.25. The minimum absolute atomic E-state index is 0.00323. The molecule has 0 unspecified atom stereocenters. The molecule has 3 aromatic rings. The van der Waals surface area contributed by atoms with E-state index < -0.39 is 5.60 Å². The lowest BCUT2D eigenvalue weighted by Gasteiger charge is -2.44. The molecule has 0 spiro atoms. The summed E-state index contributed by atoms with van der Waals surface area (Å²) in [5, 5.41) is 1.40. The van der Waals surface area contributed by atoms with Crippen molar-refractivity contribution >= 4 is 34.5 Å². The van der Waals surface area contributed by atoms with Gasteiger partial charge in [0.05, 0.1) is 12.8 Å². The first-order valence-corrected chi connectivity index (χ1v) is 12.3. The summed E-state index contributed by atoms with van der Waals surface area (Å²) in [6.07, 6.45) is 5.68. The van der Waals surface area contributed by atoms with Crippen LogP contribution < -0.4 is 9.64 Å². The first kappa shape index (κ1) is 25.0. The molecular formula is C25H33ClN6O3. The van der Waals surface area contributed by atoms with Crippen LogP contribution in [0.4, 0.5) is 10.6 Å². The maximum absolute atomic E-state index is 12.8. The Kier molecular flexibility index (Phi) is 7.07. The van der Waals surface area contributed by atoms with E-state index in [2.05, 4.69) is 33.7 Å². The summed E-state index contributed by atoms with van der Waals surface area (Å²) < 4.78 is 13.6. The van der Waals surface area contributed by atoms with E-state index in [1.807, 2.05) is 38.5 Å². The van der Waals surface area contributed by atoms with Crippen molar-refractivity contribution < 1.29 is 14.3 Å². The van der Waals surface area contributed by atoms with Gasteiger partial charge in [0, 0.05) is 42.5 Å². The maximum Gasteiger partial charge on any atom is 0.410 e. The highest BCUT2D eigenvalue weighted by atomic mass is 35.5. The smallest absolute Gasteiger partial charge is 0.410 e. The first-order chi connectivity index (χ1) is 16.6. The standard InChI is InChI=1S/C25H33ClN6O3/c1-7-10-34-19-14-32(20-11-18(26)8-9-27-20)23-21(19)22(28-15-29-23)30-12-17(3)31(13-16(30)2)24(33)35-25(4,5)6/h8-9,11,14-17H,7,10,12-13H2,1-6H3/t16-,17+/m0/s1. The number of fused-ring (bicyclic) bond motifs is 1. The second-order valence-electron chi connectivity index (χ2n) is 9.92. The molecule has 0 radical (unpaired) electrons. The lowest BCUT2D eigenvalue weighted by Crippen LogP contribution is -2.59. The number of halogens is 1. The van der Waals surface area contributed by atoms with Gasteiger partial charge in [-0.3, -0.25) is 4.57 Å². The summed E-state index contributed by atoms with van der Waals surface area (Å²) in [5.74, 6) is 2.10. The summed E-state index contributed by atoms with van der Waals surface area (Å²) in [4.78, 5) is 30.5. The van der Waals surface area contributed by atoms with Crippen LogP contribution in [0.15, 0.2) is 30.9 Å². The molecule has 2 atom stereocenters. The van der Waals surface area contributed by atoms with Crippen molar-refractivity contribution in [3.05, 3.63) is 35.9 Å². The van der Waals surface area contributed by atoms with Crippen LogP contribution in [0.25, 0.3) is 16.9 Å². The Balaban J connectivity index is 1.73. The van der Waals surface area contributed by atoms with Crippen LogP contribution in [0.5, 0.6) is 5.75 Å². The van der Waals surface area contributed by atoms with E-state index in [0.29, 0.717) is 41.9 Å². The van der Waals surface area contributed by atoms with Gasteiger partial charge in [0.1, 0.15) is 29.0 Å². The molecule has 3 aromatic heterocycles. The molecule has 1 aliphatic rings. The summed E-state index contributed by atoms with van der Waals surface area (Å²) in [5.41, 5.74) is 0.143. The minimum Gasteiger partial charge on any atom is -0.491 e. The highest BCUT2D eigenvalue weighted by Gasteiger charge is 2.36. The first-order valence-electron chi connectivity index (χ1n) is 12.0. The number of hydrogen-bond acceptors (Lipinski definition) is 7. The van der Waals surface area contributed by atoms with E-state index in [0.717, 1.165) is 17.6 Å². The Morgan fingerprint density at radius 3 is 2.63 bits per heavy atom. The fraction of sp³-hybridized carbons (Fsp3) is 0.520.